The van der Waals surface area contributed by atoms with E-state index in [2.05, 4.69) is 15.7 Å². The predicted molar refractivity (Wildman–Crippen MR) is 203 cm³/mol. The Kier molecular flexibility index (Phi) is 12.7. The number of carbonyl (C=O) groups excluding carboxylic acids is 4. The smallest absolute Gasteiger partial charge is 0.306 e. The largest absolute Gasteiger partial charge is 0.491 e. The van der Waals surface area contributed by atoms with Gasteiger partial charge in [0.1, 0.15) is 17.0 Å². The summed E-state index contributed by atoms with van der Waals surface area (Å²) in [6.45, 7) is 7.52. The van der Waals surface area contributed by atoms with E-state index in [1.807, 2.05) is 30.6 Å². The molecule has 6 N–H and O–H groups in total. The van der Waals surface area contributed by atoms with Crippen molar-refractivity contribution in [3.63, 3.8) is 0 Å². The first-order valence-corrected chi connectivity index (χ1v) is 17.6. The maximum atomic E-state index is 13.6. The van der Waals surface area contributed by atoms with Gasteiger partial charge in [-0.2, -0.15) is 5.10 Å². The highest BCUT2D eigenvalue weighted by molar-refractivity contribution is 6.04. The van der Waals surface area contributed by atoms with Gasteiger partial charge in [0.05, 0.1) is 35.5 Å². The number of aromatic nitrogens is 6. The Bertz CT molecular complexity index is 2220. The van der Waals surface area contributed by atoms with Crippen molar-refractivity contribution in [3.8, 4) is 5.75 Å². The number of benzene rings is 2. The molecule has 0 unspecified atom stereocenters. The van der Waals surface area contributed by atoms with E-state index < -0.39 is 17.7 Å². The Labute approximate surface area is 311 Å². The van der Waals surface area contributed by atoms with Crippen molar-refractivity contribution in [2.45, 2.75) is 59.7 Å². The van der Waals surface area contributed by atoms with Gasteiger partial charge in [0, 0.05) is 64.4 Å². The number of fused-ring (bicyclic) bond motifs is 2. The molecule has 0 aliphatic rings. The van der Waals surface area contributed by atoms with Gasteiger partial charge in [0.15, 0.2) is 0 Å². The van der Waals surface area contributed by atoms with Gasteiger partial charge in [0.25, 0.3) is 5.91 Å². The number of ether oxygens (including phenoxy) is 3. The standard InChI is InChI=1S/C37H46N10O7/c1-6-47-28(17-22(3)44-47)35(51)43-37-42-27-20-25(34(39)50)21-29(54-16-10-15-52-5)32(27)46(37)14-9-8-13-45-31-23(11-12-30(48)53-7-2)18-24(33(38)49)19-26(31)41-36(45)40-4/h8-9,17-21H,6-7,10-16H2,1-5H3,(H2,38,49)(H2,39,50)(H,40,41)(H,42,43,51)/b9-8+. The van der Waals surface area contributed by atoms with Crippen molar-refractivity contribution < 1.29 is 33.4 Å². The number of primary amides is 2. The number of imidazole rings is 2. The number of hydrogen-bond acceptors (Lipinski definition) is 11. The topological polar surface area (TPSA) is 226 Å². The number of anilines is 2. The zero-order valence-electron chi connectivity index (χ0n) is 31.1. The second-order valence-electron chi connectivity index (χ2n) is 12.3. The fourth-order valence-electron chi connectivity index (χ4n) is 6.16. The van der Waals surface area contributed by atoms with E-state index in [-0.39, 0.29) is 42.6 Å². The van der Waals surface area contributed by atoms with Gasteiger partial charge < -0.3 is 40.1 Å². The summed E-state index contributed by atoms with van der Waals surface area (Å²) in [5.74, 6) is -0.919. The second kappa shape index (κ2) is 17.5. The number of rotatable bonds is 19. The zero-order valence-corrected chi connectivity index (χ0v) is 31.1. The number of allylic oxidation sites excluding steroid dienone is 2. The number of nitrogens with two attached hydrogens (primary N) is 2. The third-order valence-electron chi connectivity index (χ3n) is 8.58. The number of esters is 1. The van der Waals surface area contributed by atoms with Crippen LogP contribution in [-0.2, 0) is 40.3 Å². The summed E-state index contributed by atoms with van der Waals surface area (Å²) in [5, 5.41) is 10.4. The molecule has 5 rings (SSSR count). The molecule has 17 heteroatoms. The SMILES string of the molecule is CCOC(=O)CCc1cc(C(N)=O)cc2nc(NC)n(C/C=C/Cn3c(NC(=O)c4cc(C)nn4CC)nc4cc(C(N)=O)cc(OCCCOC)c43)c12. The molecular weight excluding hydrogens is 696 g/mol. The summed E-state index contributed by atoms with van der Waals surface area (Å²) in [4.78, 5) is 59.8. The zero-order chi connectivity index (χ0) is 38.9. The van der Waals surface area contributed by atoms with Crippen molar-refractivity contribution in [1.82, 2.24) is 28.9 Å². The molecule has 0 spiro atoms. The Balaban J connectivity index is 1.54. The van der Waals surface area contributed by atoms with E-state index in [1.54, 1.807) is 60.7 Å². The molecule has 3 heterocycles. The van der Waals surface area contributed by atoms with Crippen LogP contribution in [0.1, 0.15) is 69.2 Å². The normalized spacial score (nSPS) is 11.4. The molecule has 17 nitrogen and oxygen atoms in total. The first-order valence-electron chi connectivity index (χ1n) is 17.6. The summed E-state index contributed by atoms with van der Waals surface area (Å²) >= 11 is 0. The van der Waals surface area contributed by atoms with Gasteiger partial charge in [-0.05, 0) is 63.1 Å². The molecule has 54 heavy (non-hydrogen) atoms. The molecule has 0 saturated heterocycles. The van der Waals surface area contributed by atoms with Crippen LogP contribution >= 0.6 is 0 Å². The monoisotopic (exact) mass is 742 g/mol. The van der Waals surface area contributed by atoms with Gasteiger partial charge in [0.2, 0.25) is 23.7 Å². The van der Waals surface area contributed by atoms with Crippen molar-refractivity contribution >= 4 is 57.7 Å². The number of nitrogens with one attached hydrogen (secondary N) is 2. The highest BCUT2D eigenvalue weighted by Gasteiger charge is 2.22. The van der Waals surface area contributed by atoms with E-state index in [9.17, 15) is 19.2 Å². The molecule has 0 radical (unpaired) electrons. The van der Waals surface area contributed by atoms with E-state index >= 15 is 0 Å². The minimum absolute atomic E-state index is 0.106. The number of methoxy groups -OCH3 is 1. The van der Waals surface area contributed by atoms with Crippen LogP contribution in [0.3, 0.4) is 0 Å². The Hall–Kier alpha value is -6.23. The molecule has 0 fully saturated rings. The van der Waals surface area contributed by atoms with Crippen molar-refractivity contribution in [1.29, 1.82) is 0 Å². The molecule has 0 bridgehead atoms. The molecule has 0 aliphatic heterocycles. The van der Waals surface area contributed by atoms with Crippen LogP contribution < -0.4 is 26.8 Å². The number of aryl methyl sites for hydroxylation is 3. The third-order valence-corrected chi connectivity index (χ3v) is 8.58. The van der Waals surface area contributed by atoms with Crippen molar-refractivity contribution in [2.75, 3.05) is 44.6 Å². The Morgan fingerprint density at radius 1 is 0.870 bits per heavy atom. The average molecular weight is 743 g/mol. The lowest BCUT2D eigenvalue weighted by Crippen LogP contribution is -2.20. The molecule has 286 valence electrons. The summed E-state index contributed by atoms with van der Waals surface area (Å²) in [5.41, 5.74) is 15.8. The van der Waals surface area contributed by atoms with E-state index in [1.165, 1.54) is 0 Å². The lowest BCUT2D eigenvalue weighted by atomic mass is 10.0. The van der Waals surface area contributed by atoms with Crippen LogP contribution in [0.25, 0.3) is 22.1 Å². The molecule has 0 atom stereocenters. The lowest BCUT2D eigenvalue weighted by Gasteiger charge is -2.13. The lowest BCUT2D eigenvalue weighted by molar-refractivity contribution is -0.143. The molecule has 3 aromatic heterocycles. The van der Waals surface area contributed by atoms with Crippen molar-refractivity contribution in [3.05, 3.63) is 70.6 Å². The Morgan fingerprint density at radius 2 is 1.52 bits per heavy atom. The van der Waals surface area contributed by atoms with Crippen LogP contribution in [0.5, 0.6) is 5.75 Å². The second-order valence-corrected chi connectivity index (χ2v) is 12.3. The summed E-state index contributed by atoms with van der Waals surface area (Å²) in [6.07, 6.45) is 4.82. The fourth-order valence-corrected chi connectivity index (χ4v) is 6.16. The van der Waals surface area contributed by atoms with E-state index in [4.69, 9.17) is 35.6 Å². The third kappa shape index (κ3) is 8.69. The molecule has 5 aromatic rings. The highest BCUT2D eigenvalue weighted by atomic mass is 16.5. The Morgan fingerprint density at radius 3 is 2.15 bits per heavy atom. The van der Waals surface area contributed by atoms with E-state index in [0.717, 1.165) is 5.52 Å². The number of carbonyl (C=O) groups is 4. The summed E-state index contributed by atoms with van der Waals surface area (Å²) in [7, 11) is 3.34. The average Bonchev–Trinajstić information content (AvgIpc) is 3.82. The summed E-state index contributed by atoms with van der Waals surface area (Å²) < 4.78 is 21.8. The van der Waals surface area contributed by atoms with Crippen molar-refractivity contribution in [2.24, 2.45) is 11.5 Å². The summed E-state index contributed by atoms with van der Waals surface area (Å²) in [6, 6.07) is 8.13. The first-order chi connectivity index (χ1) is 26.0. The first kappa shape index (κ1) is 39.0. The highest BCUT2D eigenvalue weighted by Crippen LogP contribution is 2.32. The maximum Gasteiger partial charge on any atom is 0.306 e. The maximum absolute atomic E-state index is 13.6. The van der Waals surface area contributed by atoms with Crippen LogP contribution in [0, 0.1) is 6.92 Å². The minimum atomic E-state index is -0.654. The molecular formula is C37H46N10O7. The van der Waals surface area contributed by atoms with E-state index in [0.29, 0.717) is 84.3 Å². The van der Waals surface area contributed by atoms with Gasteiger partial charge in [-0.25, -0.2) is 9.97 Å². The fraction of sp³-hybridized carbons (Fsp3) is 0.378. The number of hydrogen-bond donors (Lipinski definition) is 4. The molecule has 0 saturated carbocycles. The van der Waals surface area contributed by atoms with Crippen LogP contribution in [-0.4, -0.2) is 86.6 Å². The molecule has 0 aliphatic carbocycles. The van der Waals surface area contributed by atoms with Gasteiger partial charge in [-0.3, -0.25) is 29.2 Å². The molecule has 2 aromatic carbocycles. The molecule has 3 amide bonds. The quantitative estimate of drug-likeness (QED) is 0.0543. The number of nitrogens with zero attached hydrogens (tertiary/aromatic N) is 6. The van der Waals surface area contributed by atoms with Gasteiger partial charge in [-0.15, -0.1) is 0 Å². The predicted octanol–water partition coefficient (Wildman–Crippen LogP) is 3.57. The van der Waals surface area contributed by atoms with Gasteiger partial charge >= 0.3 is 5.97 Å². The van der Waals surface area contributed by atoms with Crippen LogP contribution in [0.2, 0.25) is 0 Å². The minimum Gasteiger partial charge on any atom is -0.491 e. The number of amides is 3. The van der Waals surface area contributed by atoms with Crippen LogP contribution in [0.4, 0.5) is 11.9 Å². The van der Waals surface area contributed by atoms with Gasteiger partial charge in [-0.1, -0.05) is 12.2 Å². The van der Waals surface area contributed by atoms with Crippen LogP contribution in [0.15, 0.2) is 42.5 Å².